The predicted octanol–water partition coefficient (Wildman–Crippen LogP) is 3.82. The van der Waals surface area contributed by atoms with E-state index < -0.39 is 6.04 Å². The molecular formula is C21H25NO4. The number of amides is 1. The summed E-state index contributed by atoms with van der Waals surface area (Å²) in [7, 11) is 0. The Morgan fingerprint density at radius 1 is 0.962 bits per heavy atom. The van der Waals surface area contributed by atoms with E-state index >= 15 is 0 Å². The smallest absolute Gasteiger partial charge is 0.308 e. The van der Waals surface area contributed by atoms with Gasteiger partial charge in [0.25, 0.3) is 5.91 Å². The molecule has 0 radical (unpaired) electrons. The van der Waals surface area contributed by atoms with E-state index in [0.717, 1.165) is 11.1 Å². The number of benzene rings is 2. The molecule has 5 nitrogen and oxygen atoms in total. The van der Waals surface area contributed by atoms with E-state index in [4.69, 9.17) is 9.47 Å². The monoisotopic (exact) mass is 355 g/mol. The number of nitrogens with one attached hydrogen (secondary N) is 1. The van der Waals surface area contributed by atoms with Gasteiger partial charge in [0.1, 0.15) is 5.75 Å². The van der Waals surface area contributed by atoms with Crippen molar-refractivity contribution in [1.82, 2.24) is 5.32 Å². The quantitative estimate of drug-likeness (QED) is 0.731. The molecular weight excluding hydrogens is 330 g/mol. The first-order valence-corrected chi connectivity index (χ1v) is 8.79. The minimum atomic E-state index is -0.450. The molecule has 0 saturated heterocycles. The summed E-state index contributed by atoms with van der Waals surface area (Å²) in [6.45, 7) is 6.54. The molecule has 2 aromatic rings. The highest BCUT2D eigenvalue weighted by atomic mass is 16.5. The average Bonchev–Trinajstić information content (AvgIpc) is 2.63. The lowest BCUT2D eigenvalue weighted by Crippen LogP contribution is -2.30. The molecule has 1 atom stereocenters. The van der Waals surface area contributed by atoms with Gasteiger partial charge in [-0.25, -0.2) is 0 Å². The highest BCUT2D eigenvalue weighted by Crippen LogP contribution is 2.20. The van der Waals surface area contributed by atoms with Crippen LogP contribution in [0.3, 0.4) is 0 Å². The molecule has 0 aliphatic heterocycles. The first-order chi connectivity index (χ1) is 12.5. The zero-order chi connectivity index (χ0) is 18.9. The Bertz CT molecular complexity index is 723. The zero-order valence-corrected chi connectivity index (χ0v) is 15.5. The maximum absolute atomic E-state index is 12.6. The lowest BCUT2D eigenvalue weighted by molar-refractivity contribution is -0.143. The number of carbonyl (C=O) groups excluding carboxylic acids is 2. The highest BCUT2D eigenvalue weighted by Gasteiger charge is 2.20. The molecule has 0 fully saturated rings. The minimum Gasteiger partial charge on any atom is -0.494 e. The third kappa shape index (κ3) is 5.62. The molecule has 0 spiro atoms. The summed E-state index contributed by atoms with van der Waals surface area (Å²) in [5, 5.41) is 2.93. The Morgan fingerprint density at radius 2 is 1.62 bits per heavy atom. The molecule has 1 amide bonds. The maximum Gasteiger partial charge on any atom is 0.308 e. The van der Waals surface area contributed by atoms with Gasteiger partial charge in [0.2, 0.25) is 0 Å². The summed E-state index contributed by atoms with van der Waals surface area (Å²) >= 11 is 0. The molecule has 2 aromatic carbocycles. The van der Waals surface area contributed by atoms with Crippen LogP contribution in [0, 0.1) is 6.92 Å². The van der Waals surface area contributed by atoms with Crippen molar-refractivity contribution in [3.63, 3.8) is 0 Å². The third-order valence-electron chi connectivity index (χ3n) is 3.89. The molecule has 0 aliphatic rings. The first kappa shape index (κ1) is 19.5. The van der Waals surface area contributed by atoms with Gasteiger partial charge < -0.3 is 14.8 Å². The molecule has 0 saturated carbocycles. The standard InChI is InChI=1S/C21H25NO4/c1-4-25-18-12-10-17(11-13-18)21(24)22-19(14-20(23)26-5-2)16-8-6-15(3)7-9-16/h6-13,19H,4-5,14H2,1-3H3,(H,22,24). The molecule has 5 heteroatoms. The number of rotatable bonds is 8. The number of aryl methyl sites for hydroxylation is 1. The molecule has 138 valence electrons. The van der Waals surface area contributed by atoms with Crippen LogP contribution < -0.4 is 10.1 Å². The van der Waals surface area contributed by atoms with Crippen molar-refractivity contribution in [2.24, 2.45) is 0 Å². The van der Waals surface area contributed by atoms with E-state index in [1.165, 1.54) is 0 Å². The van der Waals surface area contributed by atoms with Crippen LogP contribution in [-0.2, 0) is 9.53 Å². The Kier molecular flexibility index (Phi) is 7.21. The highest BCUT2D eigenvalue weighted by molar-refractivity contribution is 5.94. The van der Waals surface area contributed by atoms with Crippen LogP contribution in [0.15, 0.2) is 48.5 Å². The van der Waals surface area contributed by atoms with Crippen LogP contribution in [0.4, 0.5) is 0 Å². The fourth-order valence-corrected chi connectivity index (χ4v) is 2.55. The summed E-state index contributed by atoms with van der Waals surface area (Å²) in [6, 6.07) is 14.2. The second-order valence-electron chi connectivity index (χ2n) is 5.90. The van der Waals surface area contributed by atoms with Crippen molar-refractivity contribution >= 4 is 11.9 Å². The number of hydrogen-bond acceptors (Lipinski definition) is 4. The van der Waals surface area contributed by atoms with Crippen LogP contribution in [0.25, 0.3) is 0 Å². The van der Waals surface area contributed by atoms with E-state index in [9.17, 15) is 9.59 Å². The number of hydrogen-bond donors (Lipinski definition) is 1. The van der Waals surface area contributed by atoms with Gasteiger partial charge in [-0.1, -0.05) is 29.8 Å². The lowest BCUT2D eigenvalue weighted by atomic mass is 10.0. The lowest BCUT2D eigenvalue weighted by Gasteiger charge is -2.19. The van der Waals surface area contributed by atoms with E-state index in [1.807, 2.05) is 38.1 Å². The van der Waals surface area contributed by atoms with Crippen molar-refractivity contribution < 1.29 is 19.1 Å². The summed E-state index contributed by atoms with van der Waals surface area (Å²) in [5.41, 5.74) is 2.49. The first-order valence-electron chi connectivity index (χ1n) is 8.79. The van der Waals surface area contributed by atoms with E-state index in [0.29, 0.717) is 24.5 Å². The fourth-order valence-electron chi connectivity index (χ4n) is 2.55. The van der Waals surface area contributed by atoms with Crippen molar-refractivity contribution in [3.05, 3.63) is 65.2 Å². The van der Waals surface area contributed by atoms with Gasteiger partial charge in [0, 0.05) is 5.56 Å². The second kappa shape index (κ2) is 9.61. The van der Waals surface area contributed by atoms with E-state index in [1.54, 1.807) is 31.2 Å². The van der Waals surface area contributed by atoms with Gasteiger partial charge in [0.15, 0.2) is 0 Å². The molecule has 1 N–H and O–H groups in total. The zero-order valence-electron chi connectivity index (χ0n) is 15.5. The molecule has 2 rings (SSSR count). The van der Waals surface area contributed by atoms with Crippen LogP contribution in [0.5, 0.6) is 5.75 Å². The second-order valence-corrected chi connectivity index (χ2v) is 5.90. The third-order valence-corrected chi connectivity index (χ3v) is 3.89. The molecule has 0 bridgehead atoms. The Balaban J connectivity index is 2.15. The van der Waals surface area contributed by atoms with Gasteiger partial charge >= 0.3 is 5.97 Å². The van der Waals surface area contributed by atoms with Crippen molar-refractivity contribution in [1.29, 1.82) is 0 Å². The van der Waals surface area contributed by atoms with Crippen LogP contribution >= 0.6 is 0 Å². The summed E-state index contributed by atoms with van der Waals surface area (Å²) < 4.78 is 10.4. The largest absolute Gasteiger partial charge is 0.494 e. The number of carbonyl (C=O) groups is 2. The van der Waals surface area contributed by atoms with Gasteiger partial charge in [-0.3, -0.25) is 9.59 Å². The van der Waals surface area contributed by atoms with E-state index in [-0.39, 0.29) is 18.3 Å². The summed E-state index contributed by atoms with van der Waals surface area (Å²) in [6.07, 6.45) is 0.0830. The van der Waals surface area contributed by atoms with E-state index in [2.05, 4.69) is 5.32 Å². The Morgan fingerprint density at radius 3 is 2.19 bits per heavy atom. The average molecular weight is 355 g/mol. The van der Waals surface area contributed by atoms with Crippen molar-refractivity contribution in [2.75, 3.05) is 13.2 Å². The fraction of sp³-hybridized carbons (Fsp3) is 0.333. The molecule has 0 aliphatic carbocycles. The van der Waals surface area contributed by atoms with Crippen LogP contribution in [0.2, 0.25) is 0 Å². The number of ether oxygens (including phenoxy) is 2. The van der Waals surface area contributed by atoms with Gasteiger partial charge in [0.05, 0.1) is 25.7 Å². The predicted molar refractivity (Wildman–Crippen MR) is 100 cm³/mol. The summed E-state index contributed by atoms with van der Waals surface area (Å²) in [4.78, 5) is 24.5. The Hall–Kier alpha value is -2.82. The van der Waals surface area contributed by atoms with Gasteiger partial charge in [-0.05, 0) is 50.6 Å². The van der Waals surface area contributed by atoms with Crippen LogP contribution in [0.1, 0.15) is 47.8 Å². The van der Waals surface area contributed by atoms with Crippen LogP contribution in [-0.4, -0.2) is 25.1 Å². The number of esters is 1. The Labute approximate surface area is 154 Å². The maximum atomic E-state index is 12.6. The normalized spacial score (nSPS) is 11.5. The van der Waals surface area contributed by atoms with Gasteiger partial charge in [-0.2, -0.15) is 0 Å². The van der Waals surface area contributed by atoms with Crippen molar-refractivity contribution in [2.45, 2.75) is 33.2 Å². The van der Waals surface area contributed by atoms with Gasteiger partial charge in [-0.15, -0.1) is 0 Å². The molecule has 0 aromatic heterocycles. The van der Waals surface area contributed by atoms with Crippen molar-refractivity contribution in [3.8, 4) is 5.75 Å². The minimum absolute atomic E-state index is 0.0830. The SMILES string of the molecule is CCOC(=O)CC(NC(=O)c1ccc(OCC)cc1)c1ccc(C)cc1. The molecule has 1 unspecified atom stereocenters. The molecule has 26 heavy (non-hydrogen) atoms. The summed E-state index contributed by atoms with van der Waals surface area (Å²) in [5.74, 6) is 0.124. The molecule has 0 heterocycles. The topological polar surface area (TPSA) is 64.6 Å².